The van der Waals surface area contributed by atoms with Gasteiger partial charge in [-0.2, -0.15) is 17.2 Å². The van der Waals surface area contributed by atoms with Crippen molar-refractivity contribution in [2.45, 2.75) is 68.9 Å². The summed E-state index contributed by atoms with van der Waals surface area (Å²) >= 11 is 0. The minimum absolute atomic E-state index is 0.115. The molecule has 6 nitrogen and oxygen atoms in total. The van der Waals surface area contributed by atoms with E-state index in [9.17, 15) is 31.5 Å². The monoisotopic (exact) mass is 402 g/mol. The molecule has 10 heteroatoms. The fourth-order valence-corrected chi connectivity index (χ4v) is 4.67. The second-order valence-corrected chi connectivity index (χ2v) is 9.08. The normalized spacial score (nSPS) is 34.0. The molecule has 2 aliphatic carbocycles. The van der Waals surface area contributed by atoms with Crippen LogP contribution in [0.15, 0.2) is 0 Å². The molecule has 5 atom stereocenters. The number of hydrogen-bond acceptors (Lipinski definition) is 5. The smallest absolute Gasteiger partial charge is 0.400 e. The topological polar surface area (TPSA) is 101 Å². The first kappa shape index (κ1) is 21.4. The summed E-state index contributed by atoms with van der Waals surface area (Å²) in [6, 6.07) is 0. The van der Waals surface area contributed by atoms with Crippen LogP contribution in [0.1, 0.15) is 51.9 Å². The maximum Gasteiger partial charge on any atom is 0.400 e. The summed E-state index contributed by atoms with van der Waals surface area (Å²) in [5.41, 5.74) is -0.744. The number of hydrogen-bond donors (Lipinski definition) is 2. The molecule has 0 bridgehead atoms. The third kappa shape index (κ3) is 4.51. The lowest BCUT2D eigenvalue weighted by molar-refractivity contribution is -0.149. The maximum absolute atomic E-state index is 13.3. The van der Waals surface area contributed by atoms with Gasteiger partial charge in [0.25, 0.3) is 0 Å². The maximum atomic E-state index is 13.3. The summed E-state index contributed by atoms with van der Waals surface area (Å²) in [5, 5.41) is 5.45. The van der Waals surface area contributed by atoms with Crippen molar-refractivity contribution in [3.63, 3.8) is 0 Å². The molecule has 0 aromatic carbocycles. The summed E-state index contributed by atoms with van der Waals surface area (Å²) in [7, 11) is -5.87. The molecule has 2 saturated carbocycles. The van der Waals surface area contributed by atoms with Gasteiger partial charge in [-0.15, -0.1) is 0 Å². The Morgan fingerprint density at radius 2 is 2.00 bits per heavy atom. The van der Waals surface area contributed by atoms with Gasteiger partial charge >= 0.3 is 21.3 Å². The number of esters is 1. The van der Waals surface area contributed by atoms with E-state index < -0.39 is 52.1 Å². The van der Waals surface area contributed by atoms with E-state index in [1.54, 1.807) is 6.92 Å². The fraction of sp³-hybridized carbons (Fsp3) is 0.938. The average Bonchev–Trinajstić information content (AvgIpc) is 3.11. The van der Waals surface area contributed by atoms with Crippen LogP contribution in [-0.4, -0.2) is 47.7 Å². The Bertz CT molecular complexity index is 621. The predicted octanol–water partition coefficient (Wildman–Crippen LogP) is 2.71. The summed E-state index contributed by atoms with van der Waals surface area (Å²) in [5.74, 6) is -0.768. The zero-order valence-electron chi connectivity index (χ0n) is 14.5. The van der Waals surface area contributed by atoms with Crippen molar-refractivity contribution >= 4 is 16.1 Å². The van der Waals surface area contributed by atoms with Crippen LogP contribution < -0.4 is 0 Å². The molecule has 0 amide bonds. The highest BCUT2D eigenvalue weighted by Crippen LogP contribution is 2.47. The highest BCUT2D eigenvalue weighted by atomic mass is 32.2. The van der Waals surface area contributed by atoms with Crippen molar-refractivity contribution in [2.24, 2.45) is 17.8 Å². The SMILES string of the molecule is CC1(O)CCCC1C1CCC(C(=O)OCCC(F)C(F)(F)S(=O)(=O)O)C1. The number of ether oxygens (including phenoxy) is 1. The highest BCUT2D eigenvalue weighted by Gasteiger charge is 2.52. The molecule has 2 rings (SSSR count). The average molecular weight is 402 g/mol. The molecule has 0 aromatic rings. The molecule has 152 valence electrons. The van der Waals surface area contributed by atoms with Gasteiger partial charge in [0, 0.05) is 6.42 Å². The first-order valence-electron chi connectivity index (χ1n) is 8.74. The number of aliphatic hydroxyl groups is 1. The third-order valence-electron chi connectivity index (χ3n) is 5.70. The van der Waals surface area contributed by atoms with Crippen LogP contribution in [0.2, 0.25) is 0 Å². The van der Waals surface area contributed by atoms with Crippen LogP contribution in [0.5, 0.6) is 0 Å². The van der Waals surface area contributed by atoms with Crippen molar-refractivity contribution in [3.05, 3.63) is 0 Å². The predicted molar refractivity (Wildman–Crippen MR) is 85.8 cm³/mol. The number of carbonyl (C=O) groups excluding carboxylic acids is 1. The standard InChI is InChI=1S/C16H25F3O6S/c1-15(21)7-2-3-12(15)10-4-5-11(9-10)14(20)25-8-6-13(17)16(18,19)26(22,23)24/h10-13,21H,2-9H2,1H3,(H,22,23,24). The van der Waals surface area contributed by atoms with Crippen LogP contribution in [0, 0.1) is 17.8 Å². The van der Waals surface area contributed by atoms with Crippen molar-refractivity contribution in [1.82, 2.24) is 0 Å². The minimum Gasteiger partial charge on any atom is -0.465 e. The lowest BCUT2D eigenvalue weighted by Gasteiger charge is -2.30. The Kier molecular flexibility index (Phi) is 6.29. The van der Waals surface area contributed by atoms with Gasteiger partial charge < -0.3 is 9.84 Å². The molecule has 0 heterocycles. The second kappa shape index (κ2) is 7.63. The van der Waals surface area contributed by atoms with Crippen LogP contribution in [-0.2, 0) is 19.6 Å². The van der Waals surface area contributed by atoms with E-state index in [1.807, 2.05) is 0 Å². The Balaban J connectivity index is 1.79. The highest BCUT2D eigenvalue weighted by molar-refractivity contribution is 7.86. The molecule has 5 unspecified atom stereocenters. The first-order valence-corrected chi connectivity index (χ1v) is 10.2. The zero-order valence-corrected chi connectivity index (χ0v) is 15.4. The first-order chi connectivity index (χ1) is 11.9. The van der Waals surface area contributed by atoms with Gasteiger partial charge in [0.05, 0.1) is 18.1 Å². The van der Waals surface area contributed by atoms with E-state index in [1.165, 1.54) is 0 Å². The molecule has 0 saturated heterocycles. The van der Waals surface area contributed by atoms with Crippen LogP contribution >= 0.6 is 0 Å². The van der Waals surface area contributed by atoms with E-state index >= 15 is 0 Å². The molecule has 0 radical (unpaired) electrons. The van der Waals surface area contributed by atoms with E-state index in [0.29, 0.717) is 12.8 Å². The zero-order chi connectivity index (χ0) is 19.8. The van der Waals surface area contributed by atoms with Crippen molar-refractivity contribution in [2.75, 3.05) is 6.61 Å². The number of alkyl halides is 3. The second-order valence-electron chi connectivity index (χ2n) is 7.59. The Hall–Kier alpha value is -0.870. The van der Waals surface area contributed by atoms with Crippen molar-refractivity contribution in [3.8, 4) is 0 Å². The van der Waals surface area contributed by atoms with Gasteiger partial charge in [0.1, 0.15) is 0 Å². The van der Waals surface area contributed by atoms with Gasteiger partial charge in [-0.1, -0.05) is 6.42 Å². The lowest BCUT2D eigenvalue weighted by Crippen LogP contribution is -2.39. The summed E-state index contributed by atoms with van der Waals surface area (Å²) in [6.45, 7) is 1.10. The van der Waals surface area contributed by atoms with Crippen LogP contribution in [0.3, 0.4) is 0 Å². The summed E-state index contributed by atoms with van der Waals surface area (Å²) in [4.78, 5) is 12.0. The number of carbonyl (C=O) groups is 1. The molecule has 0 aliphatic heterocycles. The molecule has 0 spiro atoms. The molecular weight excluding hydrogens is 377 g/mol. The molecule has 26 heavy (non-hydrogen) atoms. The van der Waals surface area contributed by atoms with Gasteiger partial charge in [-0.25, -0.2) is 4.39 Å². The van der Waals surface area contributed by atoms with Gasteiger partial charge in [0.2, 0.25) is 0 Å². The minimum atomic E-state index is -5.87. The molecule has 2 aliphatic rings. The van der Waals surface area contributed by atoms with E-state index in [-0.39, 0.29) is 11.8 Å². The van der Waals surface area contributed by atoms with E-state index in [4.69, 9.17) is 9.29 Å². The molecule has 0 aromatic heterocycles. The van der Waals surface area contributed by atoms with Gasteiger partial charge in [-0.3, -0.25) is 9.35 Å². The Labute approximate surface area is 150 Å². The van der Waals surface area contributed by atoms with Gasteiger partial charge in [0.15, 0.2) is 6.17 Å². The van der Waals surface area contributed by atoms with Crippen LogP contribution in [0.25, 0.3) is 0 Å². The van der Waals surface area contributed by atoms with Crippen molar-refractivity contribution < 1.29 is 40.8 Å². The quantitative estimate of drug-likeness (QED) is 0.502. The number of rotatable bonds is 7. The van der Waals surface area contributed by atoms with Crippen LogP contribution in [0.4, 0.5) is 13.2 Å². The fourth-order valence-electron chi connectivity index (χ4n) is 4.23. The largest absolute Gasteiger partial charge is 0.465 e. The van der Waals surface area contributed by atoms with Gasteiger partial charge in [-0.05, 0) is 50.9 Å². The van der Waals surface area contributed by atoms with E-state index in [2.05, 4.69) is 0 Å². The summed E-state index contributed by atoms with van der Waals surface area (Å²) < 4.78 is 73.5. The molecular formula is C16H25F3O6S. The Morgan fingerprint density at radius 1 is 1.35 bits per heavy atom. The lowest BCUT2D eigenvalue weighted by atomic mass is 9.80. The molecule has 2 N–H and O–H groups in total. The Morgan fingerprint density at radius 3 is 2.54 bits per heavy atom. The third-order valence-corrected chi connectivity index (χ3v) is 6.64. The van der Waals surface area contributed by atoms with Crippen molar-refractivity contribution in [1.29, 1.82) is 0 Å². The summed E-state index contributed by atoms with van der Waals surface area (Å²) in [6.07, 6.45) is 0.185. The van der Waals surface area contributed by atoms with E-state index in [0.717, 1.165) is 25.7 Å². The number of halogens is 3. The molecule has 2 fully saturated rings.